The molecule has 12 nitrogen and oxygen atoms in total. The van der Waals surface area contributed by atoms with Gasteiger partial charge in [-0.2, -0.15) is 5.10 Å². The van der Waals surface area contributed by atoms with Crippen molar-refractivity contribution in [3.8, 4) is 11.8 Å². The minimum atomic E-state index is -0.726. The number of para-hydroxylation sites is 1. The number of hydrogen-bond acceptors (Lipinski definition) is 8. The van der Waals surface area contributed by atoms with Gasteiger partial charge in [0, 0.05) is 31.2 Å². The largest absolute Gasteiger partial charge is 0.383 e. The summed E-state index contributed by atoms with van der Waals surface area (Å²) in [5.74, 6) is 5.96. The zero-order chi connectivity index (χ0) is 28.5. The van der Waals surface area contributed by atoms with E-state index in [1.807, 2.05) is 37.4 Å². The fourth-order valence-electron chi connectivity index (χ4n) is 4.47. The summed E-state index contributed by atoms with van der Waals surface area (Å²) in [7, 11) is 1.81. The number of carbonyl (C=O) groups is 1. The molecule has 0 aliphatic carbocycles. The summed E-state index contributed by atoms with van der Waals surface area (Å²) in [5, 5.41) is 7.38. The quantitative estimate of drug-likeness (QED) is 0.280. The van der Waals surface area contributed by atoms with E-state index in [0.717, 1.165) is 5.56 Å². The molecule has 0 bridgehead atoms. The van der Waals surface area contributed by atoms with E-state index in [2.05, 4.69) is 37.7 Å². The Morgan fingerprint density at radius 2 is 1.90 bits per heavy atom. The van der Waals surface area contributed by atoms with Crippen LogP contribution in [0.25, 0.3) is 16.6 Å². The third-order valence-corrected chi connectivity index (χ3v) is 6.42. The van der Waals surface area contributed by atoms with E-state index < -0.39 is 11.9 Å². The number of benzene rings is 2. The predicted molar refractivity (Wildman–Crippen MR) is 154 cm³/mol. The van der Waals surface area contributed by atoms with E-state index in [-0.39, 0.29) is 22.8 Å². The number of amides is 1. The first kappa shape index (κ1) is 25.3. The van der Waals surface area contributed by atoms with Crippen molar-refractivity contribution in [2.75, 3.05) is 11.2 Å². The molecule has 4 N–H and O–H groups in total. The Morgan fingerprint density at radius 1 is 1.07 bits per heavy atom. The number of aromatic nitrogens is 7. The Labute approximate surface area is 233 Å². The average Bonchev–Trinajstić information content (AvgIpc) is 3.62. The Balaban J connectivity index is 1.45. The molecule has 0 aliphatic rings. The lowest BCUT2D eigenvalue weighted by Crippen LogP contribution is -2.37. The lowest BCUT2D eigenvalue weighted by atomic mass is 10.1. The number of nitrogens with two attached hydrogens (primary N) is 1. The van der Waals surface area contributed by atoms with E-state index in [9.17, 15) is 9.59 Å². The lowest BCUT2D eigenvalue weighted by molar-refractivity contribution is 0.0939. The first-order chi connectivity index (χ1) is 19.9. The summed E-state index contributed by atoms with van der Waals surface area (Å²) in [5.41, 5.74) is 11.6. The van der Waals surface area contributed by atoms with Crippen molar-refractivity contribution in [3.63, 3.8) is 0 Å². The number of rotatable bonds is 5. The van der Waals surface area contributed by atoms with Crippen molar-refractivity contribution in [2.45, 2.75) is 13.0 Å². The number of hydrogen-bond donors (Lipinski definition) is 3. The molecule has 6 aromatic rings. The molecular formula is C29H24N10O2. The van der Waals surface area contributed by atoms with Crippen LogP contribution in [0, 0.1) is 11.8 Å². The van der Waals surface area contributed by atoms with Crippen LogP contribution in [0.1, 0.15) is 40.3 Å². The number of nitrogens with one attached hydrogen (secondary N) is 2. The minimum Gasteiger partial charge on any atom is -0.383 e. The number of aryl methyl sites for hydroxylation is 1. The van der Waals surface area contributed by atoms with Crippen LogP contribution >= 0.6 is 0 Å². The summed E-state index contributed by atoms with van der Waals surface area (Å²) in [6.45, 7) is 1.73. The van der Waals surface area contributed by atoms with Gasteiger partial charge in [-0.3, -0.25) is 24.1 Å². The average molecular weight is 545 g/mol. The smallest absolute Gasteiger partial charge is 0.281 e. The van der Waals surface area contributed by atoms with Gasteiger partial charge in [-0.25, -0.2) is 19.6 Å². The van der Waals surface area contributed by atoms with Crippen molar-refractivity contribution in [1.29, 1.82) is 0 Å². The van der Waals surface area contributed by atoms with Gasteiger partial charge in [0.15, 0.2) is 11.5 Å². The highest BCUT2D eigenvalue weighted by atomic mass is 16.2. The van der Waals surface area contributed by atoms with Crippen LogP contribution in [-0.2, 0) is 7.05 Å². The number of imidazole rings is 1. The van der Waals surface area contributed by atoms with Gasteiger partial charge in [0.25, 0.3) is 11.5 Å². The monoisotopic (exact) mass is 544 g/mol. The second-order valence-corrected chi connectivity index (χ2v) is 9.30. The number of nitrogen functional groups attached to an aromatic ring is 1. The second-order valence-electron chi connectivity index (χ2n) is 9.30. The highest BCUT2D eigenvalue weighted by Gasteiger charge is 2.23. The Bertz CT molecular complexity index is 2050. The molecule has 0 spiro atoms. The van der Waals surface area contributed by atoms with Crippen LogP contribution in [0.4, 0.5) is 11.5 Å². The number of nitrogens with zero attached hydrogens (tertiary/aromatic N) is 7. The third kappa shape index (κ3) is 4.83. The molecule has 1 atom stereocenters. The van der Waals surface area contributed by atoms with Crippen molar-refractivity contribution in [1.82, 2.24) is 39.1 Å². The van der Waals surface area contributed by atoms with Crippen LogP contribution in [0.5, 0.6) is 0 Å². The highest BCUT2D eigenvalue weighted by molar-refractivity contribution is 6.04. The van der Waals surface area contributed by atoms with Gasteiger partial charge >= 0.3 is 0 Å². The molecule has 0 saturated carbocycles. The van der Waals surface area contributed by atoms with Crippen LogP contribution < -0.4 is 22.0 Å². The molecule has 0 aliphatic heterocycles. The van der Waals surface area contributed by atoms with Crippen molar-refractivity contribution < 1.29 is 4.79 Å². The molecule has 6 rings (SSSR count). The van der Waals surface area contributed by atoms with Crippen molar-refractivity contribution in [3.05, 3.63) is 113 Å². The predicted octanol–water partition coefficient (Wildman–Crippen LogP) is 2.52. The van der Waals surface area contributed by atoms with E-state index in [4.69, 9.17) is 10.7 Å². The van der Waals surface area contributed by atoms with Crippen LogP contribution in [0.15, 0.2) is 84.4 Å². The summed E-state index contributed by atoms with van der Waals surface area (Å²) in [4.78, 5) is 40.6. The van der Waals surface area contributed by atoms with E-state index >= 15 is 0 Å². The van der Waals surface area contributed by atoms with Crippen LogP contribution in [0.3, 0.4) is 0 Å². The molecule has 0 saturated heterocycles. The maximum atomic E-state index is 14.1. The van der Waals surface area contributed by atoms with Crippen molar-refractivity contribution in [2.24, 2.45) is 7.05 Å². The summed E-state index contributed by atoms with van der Waals surface area (Å²) < 4.78 is 4.59. The SMILES string of the molecule is CC(NC(=O)c1c(N)ncn2ccnc12)c1nc2cccc(C#Cc3cnn(C)c3)c2c(=O)n1Nc1ccccc1. The minimum absolute atomic E-state index is 0.0384. The Hall–Kier alpha value is -5.96. The molecule has 202 valence electrons. The first-order valence-electron chi connectivity index (χ1n) is 12.7. The summed E-state index contributed by atoms with van der Waals surface area (Å²) in [6.07, 6.45) is 8.15. The van der Waals surface area contributed by atoms with Gasteiger partial charge < -0.3 is 11.1 Å². The van der Waals surface area contributed by atoms with E-state index in [1.54, 1.807) is 59.0 Å². The second kappa shape index (κ2) is 10.3. The molecule has 0 radical (unpaired) electrons. The zero-order valence-corrected chi connectivity index (χ0v) is 22.1. The van der Waals surface area contributed by atoms with Gasteiger partial charge in [-0.05, 0) is 31.2 Å². The molecule has 41 heavy (non-hydrogen) atoms. The molecule has 12 heteroatoms. The molecule has 0 fully saturated rings. The molecule has 2 aromatic carbocycles. The molecule has 4 heterocycles. The standard InChI is InChI=1S/C29H24N10O2/c1-18(34-28(40)24-25(30)32-17-38-14-13-31-27(24)38)26-35-22-10-6-7-20(12-11-19-15-33-37(2)16-19)23(22)29(41)39(26)36-21-8-4-3-5-9-21/h3-10,13-18,36H,30H2,1-2H3,(H,34,40). The van der Waals surface area contributed by atoms with Crippen molar-refractivity contribution >= 4 is 34.0 Å². The fourth-order valence-corrected chi connectivity index (χ4v) is 4.47. The maximum Gasteiger partial charge on any atom is 0.281 e. The molecule has 4 aromatic heterocycles. The van der Waals surface area contributed by atoms with Crippen LogP contribution in [0.2, 0.25) is 0 Å². The Kier molecular flexibility index (Phi) is 6.37. The number of carbonyl (C=O) groups excluding carboxylic acids is 1. The van der Waals surface area contributed by atoms with Gasteiger partial charge in [0.05, 0.1) is 34.4 Å². The third-order valence-electron chi connectivity index (χ3n) is 6.42. The summed E-state index contributed by atoms with van der Waals surface area (Å²) >= 11 is 0. The molecule has 1 amide bonds. The first-order valence-corrected chi connectivity index (χ1v) is 12.7. The highest BCUT2D eigenvalue weighted by Crippen LogP contribution is 2.20. The normalized spacial score (nSPS) is 11.7. The molecular weight excluding hydrogens is 520 g/mol. The van der Waals surface area contributed by atoms with Crippen LogP contribution in [-0.4, -0.2) is 39.7 Å². The number of fused-ring (bicyclic) bond motifs is 2. The fraction of sp³-hybridized carbons (Fsp3) is 0.103. The van der Waals surface area contributed by atoms with E-state index in [1.165, 1.54) is 11.0 Å². The Morgan fingerprint density at radius 3 is 2.68 bits per heavy atom. The van der Waals surface area contributed by atoms with Gasteiger partial charge in [0.1, 0.15) is 17.7 Å². The van der Waals surface area contributed by atoms with Gasteiger partial charge in [-0.15, -0.1) is 0 Å². The zero-order valence-electron chi connectivity index (χ0n) is 22.1. The lowest BCUT2D eigenvalue weighted by Gasteiger charge is -2.21. The summed E-state index contributed by atoms with van der Waals surface area (Å²) in [6, 6.07) is 13.8. The maximum absolute atomic E-state index is 14.1. The van der Waals surface area contributed by atoms with E-state index in [0.29, 0.717) is 27.8 Å². The van der Waals surface area contributed by atoms with Gasteiger partial charge in [0.2, 0.25) is 0 Å². The number of anilines is 2. The van der Waals surface area contributed by atoms with Gasteiger partial charge in [-0.1, -0.05) is 36.1 Å². The topological polar surface area (TPSA) is 150 Å². The molecule has 1 unspecified atom stereocenters.